The zero-order chi connectivity index (χ0) is 12.5. The van der Waals surface area contributed by atoms with E-state index in [1.807, 2.05) is 6.92 Å². The highest BCUT2D eigenvalue weighted by atomic mass is 32.2. The van der Waals surface area contributed by atoms with Gasteiger partial charge in [0.2, 0.25) is 10.0 Å². The van der Waals surface area contributed by atoms with Crippen LogP contribution in [0, 0.1) is 5.92 Å². The Morgan fingerprint density at radius 1 is 1.35 bits per heavy atom. The van der Waals surface area contributed by atoms with E-state index < -0.39 is 15.6 Å². The molecular weight excluding hydrogens is 238 g/mol. The van der Waals surface area contributed by atoms with Crippen molar-refractivity contribution in [3.8, 4) is 0 Å². The summed E-state index contributed by atoms with van der Waals surface area (Å²) < 4.78 is 25.6. The highest BCUT2D eigenvalue weighted by Crippen LogP contribution is 2.40. The zero-order valence-electron chi connectivity index (χ0n) is 10.6. The van der Waals surface area contributed by atoms with Crippen molar-refractivity contribution in [3.05, 3.63) is 0 Å². The number of aliphatic hydroxyl groups is 1. The van der Waals surface area contributed by atoms with E-state index in [2.05, 4.69) is 0 Å². The van der Waals surface area contributed by atoms with Crippen LogP contribution in [0.1, 0.15) is 45.4 Å². The van der Waals surface area contributed by atoms with Gasteiger partial charge in [-0.1, -0.05) is 19.8 Å². The maximum atomic E-state index is 12.0. The standard InChI is InChI=1S/C12H23NO3S/c1-2-9-17(15,16)13-8-7-12(14)6-4-3-5-11(12)10-13/h11,14H,2-10H2,1H3. The molecule has 0 spiro atoms. The molecule has 1 aliphatic heterocycles. The maximum absolute atomic E-state index is 12.0. The molecule has 0 amide bonds. The van der Waals surface area contributed by atoms with Crippen LogP contribution in [0.2, 0.25) is 0 Å². The second kappa shape index (κ2) is 4.86. The van der Waals surface area contributed by atoms with E-state index in [9.17, 15) is 13.5 Å². The number of sulfonamides is 1. The molecule has 2 atom stereocenters. The fourth-order valence-corrected chi connectivity index (χ4v) is 4.73. The van der Waals surface area contributed by atoms with Gasteiger partial charge in [0.15, 0.2) is 0 Å². The van der Waals surface area contributed by atoms with Gasteiger partial charge in [0, 0.05) is 19.0 Å². The molecule has 100 valence electrons. The predicted octanol–water partition coefficient (Wildman–Crippen LogP) is 1.35. The van der Waals surface area contributed by atoms with E-state index in [1.54, 1.807) is 4.31 Å². The second-order valence-electron chi connectivity index (χ2n) is 5.47. The third-order valence-corrected chi connectivity index (χ3v) is 6.29. The topological polar surface area (TPSA) is 57.6 Å². The van der Waals surface area contributed by atoms with E-state index in [-0.39, 0.29) is 11.7 Å². The van der Waals surface area contributed by atoms with Gasteiger partial charge in [-0.15, -0.1) is 0 Å². The average Bonchev–Trinajstić information content (AvgIpc) is 2.27. The second-order valence-corrected chi connectivity index (χ2v) is 7.56. The summed E-state index contributed by atoms with van der Waals surface area (Å²) >= 11 is 0. The lowest BCUT2D eigenvalue weighted by Gasteiger charge is -2.46. The van der Waals surface area contributed by atoms with Gasteiger partial charge in [-0.3, -0.25) is 0 Å². The lowest BCUT2D eigenvalue weighted by molar-refractivity contribution is -0.0816. The van der Waals surface area contributed by atoms with Crippen LogP contribution in [0.3, 0.4) is 0 Å². The molecule has 0 aromatic carbocycles. The molecular formula is C12H23NO3S. The molecule has 0 aromatic heterocycles. The van der Waals surface area contributed by atoms with Crippen molar-refractivity contribution in [2.45, 2.75) is 51.0 Å². The van der Waals surface area contributed by atoms with Gasteiger partial charge in [-0.2, -0.15) is 0 Å². The Morgan fingerprint density at radius 3 is 2.82 bits per heavy atom. The Bertz CT molecular complexity index is 368. The minimum Gasteiger partial charge on any atom is -0.390 e. The smallest absolute Gasteiger partial charge is 0.214 e. The van der Waals surface area contributed by atoms with Crippen LogP contribution >= 0.6 is 0 Å². The van der Waals surface area contributed by atoms with Gasteiger partial charge in [-0.05, 0) is 25.7 Å². The summed E-state index contributed by atoms with van der Waals surface area (Å²) in [5.41, 5.74) is -0.587. The van der Waals surface area contributed by atoms with E-state index in [0.29, 0.717) is 25.9 Å². The van der Waals surface area contributed by atoms with Gasteiger partial charge in [-0.25, -0.2) is 12.7 Å². The van der Waals surface area contributed by atoms with Crippen LogP contribution in [0.25, 0.3) is 0 Å². The summed E-state index contributed by atoms with van der Waals surface area (Å²) in [5, 5.41) is 10.5. The van der Waals surface area contributed by atoms with Crippen molar-refractivity contribution < 1.29 is 13.5 Å². The fourth-order valence-electron chi connectivity index (χ4n) is 3.18. The lowest BCUT2D eigenvalue weighted by atomic mass is 9.72. The molecule has 2 unspecified atom stereocenters. The maximum Gasteiger partial charge on any atom is 0.214 e. The summed E-state index contributed by atoms with van der Waals surface area (Å²) in [4.78, 5) is 0. The van der Waals surface area contributed by atoms with Crippen molar-refractivity contribution >= 4 is 10.0 Å². The first-order valence-electron chi connectivity index (χ1n) is 6.68. The van der Waals surface area contributed by atoms with Gasteiger partial charge in [0.1, 0.15) is 0 Å². The van der Waals surface area contributed by atoms with Crippen LogP contribution in [0.5, 0.6) is 0 Å². The van der Waals surface area contributed by atoms with Crippen LogP contribution in [-0.2, 0) is 10.0 Å². The molecule has 1 heterocycles. The molecule has 0 radical (unpaired) electrons. The predicted molar refractivity (Wildman–Crippen MR) is 67.2 cm³/mol. The normalized spacial score (nSPS) is 35.5. The van der Waals surface area contributed by atoms with E-state index >= 15 is 0 Å². The number of piperidine rings is 1. The van der Waals surface area contributed by atoms with Crippen LogP contribution in [0.4, 0.5) is 0 Å². The molecule has 0 aromatic rings. The number of fused-ring (bicyclic) bond motifs is 1. The Labute approximate surface area is 104 Å². The molecule has 1 N–H and O–H groups in total. The number of nitrogens with zero attached hydrogens (tertiary/aromatic N) is 1. The van der Waals surface area contributed by atoms with Crippen molar-refractivity contribution in [2.75, 3.05) is 18.8 Å². The first-order chi connectivity index (χ1) is 7.98. The van der Waals surface area contributed by atoms with Gasteiger partial charge >= 0.3 is 0 Å². The third kappa shape index (κ3) is 2.66. The largest absolute Gasteiger partial charge is 0.390 e. The molecule has 2 fully saturated rings. The van der Waals surface area contributed by atoms with Crippen molar-refractivity contribution in [1.82, 2.24) is 4.31 Å². The average molecular weight is 261 g/mol. The van der Waals surface area contributed by atoms with Crippen LogP contribution in [0.15, 0.2) is 0 Å². The number of hydrogen-bond donors (Lipinski definition) is 1. The molecule has 1 aliphatic carbocycles. The molecule has 1 saturated heterocycles. The summed E-state index contributed by atoms with van der Waals surface area (Å²) in [6.45, 7) is 2.91. The van der Waals surface area contributed by atoms with Crippen molar-refractivity contribution in [3.63, 3.8) is 0 Å². The van der Waals surface area contributed by atoms with Crippen LogP contribution < -0.4 is 0 Å². The summed E-state index contributed by atoms with van der Waals surface area (Å²) in [5.74, 6) is 0.384. The molecule has 2 rings (SSSR count). The Hall–Kier alpha value is -0.130. The lowest BCUT2D eigenvalue weighted by Crippen LogP contribution is -2.54. The SMILES string of the molecule is CCCS(=O)(=O)N1CCC2(O)CCCCC2C1. The zero-order valence-corrected chi connectivity index (χ0v) is 11.4. The van der Waals surface area contributed by atoms with E-state index in [4.69, 9.17) is 0 Å². The van der Waals surface area contributed by atoms with Gasteiger partial charge in [0.05, 0.1) is 11.4 Å². The van der Waals surface area contributed by atoms with Gasteiger partial charge in [0.25, 0.3) is 0 Å². The highest BCUT2D eigenvalue weighted by molar-refractivity contribution is 7.89. The molecule has 4 nitrogen and oxygen atoms in total. The minimum atomic E-state index is -3.09. The fraction of sp³-hybridized carbons (Fsp3) is 1.00. The third-order valence-electron chi connectivity index (χ3n) is 4.25. The quantitative estimate of drug-likeness (QED) is 0.834. The van der Waals surface area contributed by atoms with Crippen LogP contribution in [-0.4, -0.2) is 42.3 Å². The first kappa shape index (κ1) is 13.3. The summed E-state index contributed by atoms with van der Waals surface area (Å²) in [6.07, 6.45) is 5.28. The summed E-state index contributed by atoms with van der Waals surface area (Å²) in [7, 11) is -3.09. The number of rotatable bonds is 3. The minimum absolute atomic E-state index is 0.150. The van der Waals surface area contributed by atoms with Gasteiger partial charge < -0.3 is 5.11 Å². The molecule has 0 bridgehead atoms. The summed E-state index contributed by atoms with van der Waals surface area (Å²) in [6, 6.07) is 0. The van der Waals surface area contributed by atoms with Crippen molar-refractivity contribution in [1.29, 1.82) is 0 Å². The Balaban J connectivity index is 2.07. The highest BCUT2D eigenvalue weighted by Gasteiger charge is 2.44. The molecule has 1 saturated carbocycles. The Kier molecular flexibility index (Phi) is 3.80. The molecule has 17 heavy (non-hydrogen) atoms. The number of hydrogen-bond acceptors (Lipinski definition) is 3. The van der Waals surface area contributed by atoms with E-state index in [1.165, 1.54) is 0 Å². The molecule has 2 aliphatic rings. The monoisotopic (exact) mass is 261 g/mol. The first-order valence-corrected chi connectivity index (χ1v) is 8.29. The Morgan fingerprint density at radius 2 is 2.12 bits per heavy atom. The van der Waals surface area contributed by atoms with E-state index in [0.717, 1.165) is 25.7 Å². The molecule has 5 heteroatoms. The van der Waals surface area contributed by atoms with Crippen molar-refractivity contribution in [2.24, 2.45) is 5.92 Å².